The van der Waals surface area contributed by atoms with Crippen molar-refractivity contribution in [1.29, 1.82) is 0 Å². The Hall–Kier alpha value is -3.61. The number of hydrogen-bond acceptors (Lipinski definition) is 0. The first-order valence-electron chi connectivity index (χ1n) is 16.1. The van der Waals surface area contributed by atoms with Crippen LogP contribution in [0.25, 0.3) is 34.4 Å². The van der Waals surface area contributed by atoms with E-state index < -0.39 is 72.3 Å². The van der Waals surface area contributed by atoms with Gasteiger partial charge < -0.3 is 0 Å². The summed E-state index contributed by atoms with van der Waals surface area (Å²) in [5, 5.41) is 0. The molecule has 0 aromatic heterocycles. The van der Waals surface area contributed by atoms with Crippen molar-refractivity contribution in [1.82, 2.24) is 0 Å². The summed E-state index contributed by atoms with van der Waals surface area (Å²) < 4.78 is 170. The van der Waals surface area contributed by atoms with Crippen LogP contribution in [0.15, 0.2) is 83.9 Å². The van der Waals surface area contributed by atoms with Gasteiger partial charge in [-0.05, 0) is 0 Å². The van der Waals surface area contributed by atoms with Gasteiger partial charge in [0.1, 0.15) is 0 Å². The SMILES string of the molecule is CC1(C)C2=Cc3c(-c4cc(C(F)(F)F)cc(C(F)(F)F)c4)cccc3[CH]2[Hf]([CH3])([CH3])[CH]2C1=Cc1c(-c3cc(C(F)(F)F)cc(C(F)(F)F)c3)cccc12. The summed E-state index contributed by atoms with van der Waals surface area (Å²) in [6.45, 7) is 3.89. The summed E-state index contributed by atoms with van der Waals surface area (Å²) >= 11 is -3.90. The van der Waals surface area contributed by atoms with Gasteiger partial charge >= 0.3 is 296 Å². The third kappa shape index (κ3) is 5.80. The van der Waals surface area contributed by atoms with E-state index in [1.807, 2.05) is 38.1 Å². The predicted molar refractivity (Wildman–Crippen MR) is 171 cm³/mol. The fourth-order valence-corrected chi connectivity index (χ4v) is 26.3. The van der Waals surface area contributed by atoms with Crippen molar-refractivity contribution >= 4 is 12.2 Å². The van der Waals surface area contributed by atoms with E-state index in [1.165, 1.54) is 12.1 Å². The molecule has 2 atom stereocenters. The van der Waals surface area contributed by atoms with E-state index in [-0.39, 0.29) is 41.7 Å². The van der Waals surface area contributed by atoms with Crippen LogP contribution in [0.1, 0.15) is 65.7 Å². The molecule has 1 saturated heterocycles. The van der Waals surface area contributed by atoms with Crippen LogP contribution in [0.4, 0.5) is 52.7 Å². The molecule has 0 spiro atoms. The first kappa shape index (κ1) is 36.7. The minimum absolute atomic E-state index is 0.0941. The molecule has 0 radical (unpaired) electrons. The van der Waals surface area contributed by atoms with Crippen LogP contribution in [-0.4, -0.2) is 0 Å². The van der Waals surface area contributed by atoms with Crippen LogP contribution in [-0.2, 0) is 44.7 Å². The number of halogens is 12. The van der Waals surface area contributed by atoms with Crippen LogP contribution in [0.2, 0.25) is 9.36 Å². The molecule has 4 aromatic rings. The van der Waals surface area contributed by atoms with E-state index >= 15 is 0 Å². The van der Waals surface area contributed by atoms with Gasteiger partial charge in [0.05, 0.1) is 0 Å². The van der Waals surface area contributed by atoms with Gasteiger partial charge in [-0.3, -0.25) is 0 Å². The Bertz CT molecular complexity index is 1990. The van der Waals surface area contributed by atoms with E-state index in [0.717, 1.165) is 46.5 Å². The van der Waals surface area contributed by atoms with Crippen LogP contribution in [0.5, 0.6) is 0 Å². The molecule has 1 heterocycles. The summed E-state index contributed by atoms with van der Waals surface area (Å²) in [6.07, 6.45) is -16.4. The van der Waals surface area contributed by atoms with Gasteiger partial charge in [0, 0.05) is 0 Å². The van der Waals surface area contributed by atoms with Gasteiger partial charge in [-0.25, -0.2) is 0 Å². The molecule has 3 aliphatic rings. The van der Waals surface area contributed by atoms with E-state index in [9.17, 15) is 52.7 Å². The second kappa shape index (κ2) is 11.4. The van der Waals surface area contributed by atoms with Crippen molar-refractivity contribution < 1.29 is 72.7 Å². The van der Waals surface area contributed by atoms with Crippen LogP contribution in [0.3, 0.4) is 0 Å². The van der Waals surface area contributed by atoms with Crippen molar-refractivity contribution in [3.05, 3.63) is 128 Å². The second-order valence-corrected chi connectivity index (χ2v) is 32.0. The molecule has 52 heavy (non-hydrogen) atoms. The normalized spacial score (nSPS) is 20.5. The van der Waals surface area contributed by atoms with Crippen molar-refractivity contribution in [3.63, 3.8) is 0 Å². The second-order valence-electron chi connectivity index (χ2n) is 14.7. The number of benzene rings is 4. The monoisotopic (exact) mass is 904 g/mol. The summed E-state index contributed by atoms with van der Waals surface area (Å²) in [4.78, 5) is 0. The van der Waals surface area contributed by atoms with Gasteiger partial charge in [0.2, 0.25) is 0 Å². The zero-order chi connectivity index (χ0) is 38.1. The number of fused-ring (bicyclic) bond motifs is 6. The molecule has 0 N–H and O–H groups in total. The van der Waals surface area contributed by atoms with Crippen molar-refractivity contribution in [2.75, 3.05) is 0 Å². The first-order valence-corrected chi connectivity index (χ1v) is 27.4. The Kier molecular flexibility index (Phi) is 8.09. The van der Waals surface area contributed by atoms with Crippen molar-refractivity contribution in [2.24, 2.45) is 5.41 Å². The fourth-order valence-electron chi connectivity index (χ4n) is 8.55. The molecular formula is C39H28F12Hf. The number of alkyl halides is 12. The fraction of sp³-hybridized carbons (Fsp3) is 0.282. The van der Waals surface area contributed by atoms with Gasteiger partial charge in [0.15, 0.2) is 0 Å². The van der Waals surface area contributed by atoms with Gasteiger partial charge in [-0.2, -0.15) is 0 Å². The van der Waals surface area contributed by atoms with Gasteiger partial charge in [0.25, 0.3) is 0 Å². The molecule has 4 aromatic carbocycles. The average molecular weight is 903 g/mol. The van der Waals surface area contributed by atoms with E-state index in [0.29, 0.717) is 11.1 Å². The molecule has 0 amide bonds. The molecule has 2 unspecified atom stereocenters. The van der Waals surface area contributed by atoms with E-state index in [1.54, 1.807) is 12.1 Å². The molecule has 7 rings (SSSR count). The Morgan fingerprint density at radius 2 is 0.788 bits per heavy atom. The quantitative estimate of drug-likeness (QED) is 0.139. The standard InChI is InChI=1S/C37H22F12.2CH3.Hf/c1-33(2,23-9-19-5-3-7-29(31(19)17-23)21-11-25(34(38,39)40)15-26(12-21)35(41,42)43)24-10-20-6-4-8-30(32(20)18-24)22-13-27(36(44,45)46)16-28(14-22)37(47,48)49;;;/h3-18H,1-2H3;2*1H3;. The molecule has 13 heteroatoms. The average Bonchev–Trinajstić information content (AvgIpc) is 3.64. The third-order valence-corrected chi connectivity index (χ3v) is 26.0. The summed E-state index contributed by atoms with van der Waals surface area (Å²) in [5.74, 6) is 0. The van der Waals surface area contributed by atoms with Crippen molar-refractivity contribution in [2.45, 2.75) is 55.3 Å². The molecular weight excluding hydrogens is 875 g/mol. The molecule has 0 bridgehead atoms. The zero-order valence-electron chi connectivity index (χ0n) is 27.8. The summed E-state index contributed by atoms with van der Waals surface area (Å²) in [6, 6.07) is 13.0. The van der Waals surface area contributed by atoms with Crippen LogP contribution >= 0.6 is 0 Å². The first-order chi connectivity index (χ1) is 23.8. The Morgan fingerprint density at radius 1 is 0.481 bits per heavy atom. The molecule has 1 fully saturated rings. The van der Waals surface area contributed by atoms with Gasteiger partial charge in [-0.15, -0.1) is 0 Å². The maximum absolute atomic E-state index is 13.8. The maximum atomic E-state index is 13.8. The van der Waals surface area contributed by atoms with Crippen LogP contribution in [0, 0.1) is 5.41 Å². The minimum atomic E-state index is -5.03. The number of allylic oxidation sites excluding steroid dienone is 2. The molecule has 1 aliphatic heterocycles. The Balaban J connectivity index is 1.41. The molecule has 272 valence electrons. The van der Waals surface area contributed by atoms with E-state index in [2.05, 4.69) is 9.36 Å². The zero-order valence-corrected chi connectivity index (χ0v) is 31.4. The Labute approximate surface area is 295 Å². The van der Waals surface area contributed by atoms with Crippen LogP contribution < -0.4 is 0 Å². The number of hydrogen-bond donors (Lipinski definition) is 0. The molecule has 0 nitrogen and oxygen atoms in total. The third-order valence-electron chi connectivity index (χ3n) is 10.9. The topological polar surface area (TPSA) is 0 Å². The molecule has 2 aliphatic carbocycles. The van der Waals surface area contributed by atoms with E-state index in [4.69, 9.17) is 0 Å². The summed E-state index contributed by atoms with van der Waals surface area (Å²) in [5.41, 5.74) is -1.93. The Morgan fingerprint density at radius 3 is 1.08 bits per heavy atom. The molecule has 0 saturated carbocycles. The van der Waals surface area contributed by atoms with Gasteiger partial charge in [-0.1, -0.05) is 0 Å². The predicted octanol–water partition coefficient (Wildman–Crippen LogP) is 14.0. The number of rotatable bonds is 2. The summed E-state index contributed by atoms with van der Waals surface area (Å²) in [7, 11) is 0. The van der Waals surface area contributed by atoms with Crippen molar-refractivity contribution in [3.8, 4) is 22.3 Å².